The van der Waals surface area contributed by atoms with Crippen molar-refractivity contribution in [2.75, 3.05) is 6.54 Å². The summed E-state index contributed by atoms with van der Waals surface area (Å²) in [7, 11) is 0. The number of benzene rings is 1. The Balaban J connectivity index is 2.76. The van der Waals surface area contributed by atoms with Crippen LogP contribution in [0.5, 0.6) is 5.75 Å². The highest BCUT2D eigenvalue weighted by Crippen LogP contribution is 2.25. The maximum Gasteiger partial charge on any atom is 0.410 e. The van der Waals surface area contributed by atoms with Crippen molar-refractivity contribution >= 4 is 22.0 Å². The quantitative estimate of drug-likeness (QED) is 0.914. The van der Waals surface area contributed by atoms with Crippen LogP contribution >= 0.6 is 15.9 Å². The van der Waals surface area contributed by atoms with Gasteiger partial charge in [0.15, 0.2) is 0 Å². The molecule has 1 aromatic rings. The van der Waals surface area contributed by atoms with Gasteiger partial charge in [-0.2, -0.15) is 0 Å². The summed E-state index contributed by atoms with van der Waals surface area (Å²) in [5.41, 5.74) is 0.428. The van der Waals surface area contributed by atoms with Crippen molar-refractivity contribution in [3.05, 3.63) is 28.2 Å². The molecule has 0 radical (unpaired) electrons. The molecule has 0 atom stereocenters. The third kappa shape index (κ3) is 5.11. The van der Waals surface area contributed by atoms with E-state index in [4.69, 9.17) is 4.74 Å². The SMILES string of the molecule is CCN(Cc1ccc(O)c(Br)c1)C(=O)OC(C)(C)C. The van der Waals surface area contributed by atoms with Crippen molar-refractivity contribution in [2.45, 2.75) is 39.8 Å². The molecule has 0 heterocycles. The van der Waals surface area contributed by atoms with Crippen molar-refractivity contribution in [2.24, 2.45) is 0 Å². The highest BCUT2D eigenvalue weighted by atomic mass is 79.9. The zero-order chi connectivity index (χ0) is 14.6. The number of carbonyl (C=O) groups excluding carboxylic acids is 1. The standard InChI is InChI=1S/C14H20BrNO3/c1-5-16(13(18)19-14(2,3)4)9-10-6-7-12(17)11(15)8-10/h6-8,17H,5,9H2,1-4H3. The molecule has 1 amide bonds. The average molecular weight is 330 g/mol. The molecular formula is C14H20BrNO3. The van der Waals surface area contributed by atoms with E-state index in [-0.39, 0.29) is 11.8 Å². The van der Waals surface area contributed by atoms with E-state index in [9.17, 15) is 9.90 Å². The van der Waals surface area contributed by atoms with E-state index in [1.807, 2.05) is 27.7 Å². The van der Waals surface area contributed by atoms with Crippen molar-refractivity contribution in [1.29, 1.82) is 0 Å². The van der Waals surface area contributed by atoms with Crippen LogP contribution < -0.4 is 0 Å². The van der Waals surface area contributed by atoms with Crippen LogP contribution in [0.25, 0.3) is 0 Å². The molecule has 0 aliphatic heterocycles. The highest BCUT2D eigenvalue weighted by Gasteiger charge is 2.21. The van der Waals surface area contributed by atoms with Crippen molar-refractivity contribution in [3.63, 3.8) is 0 Å². The summed E-state index contributed by atoms with van der Waals surface area (Å²) in [6, 6.07) is 5.18. The largest absolute Gasteiger partial charge is 0.507 e. The lowest BCUT2D eigenvalue weighted by atomic mass is 10.2. The van der Waals surface area contributed by atoms with Crippen LogP contribution in [0.1, 0.15) is 33.3 Å². The summed E-state index contributed by atoms with van der Waals surface area (Å²) in [6.45, 7) is 8.44. The van der Waals surface area contributed by atoms with Gasteiger partial charge in [0, 0.05) is 13.1 Å². The first-order chi connectivity index (χ1) is 8.73. The number of phenolic OH excluding ortho intramolecular Hbond substituents is 1. The van der Waals surface area contributed by atoms with Gasteiger partial charge in [-0.3, -0.25) is 0 Å². The van der Waals surface area contributed by atoms with Gasteiger partial charge in [-0.15, -0.1) is 0 Å². The number of nitrogens with zero attached hydrogens (tertiary/aromatic N) is 1. The van der Waals surface area contributed by atoms with E-state index in [1.165, 1.54) is 0 Å². The number of halogens is 1. The third-order valence-corrected chi connectivity index (χ3v) is 3.05. The van der Waals surface area contributed by atoms with Crippen LogP contribution in [0.3, 0.4) is 0 Å². The Kier molecular flexibility index (Phi) is 5.23. The first kappa shape index (κ1) is 15.8. The fraction of sp³-hybridized carbons (Fsp3) is 0.500. The molecule has 1 aromatic carbocycles. The Morgan fingerprint density at radius 2 is 2.05 bits per heavy atom. The molecule has 0 fully saturated rings. The lowest BCUT2D eigenvalue weighted by Gasteiger charge is -2.26. The van der Waals surface area contributed by atoms with E-state index in [1.54, 1.807) is 23.1 Å². The van der Waals surface area contributed by atoms with E-state index >= 15 is 0 Å². The average Bonchev–Trinajstić information content (AvgIpc) is 2.28. The molecule has 1 rings (SSSR count). The number of aromatic hydroxyl groups is 1. The molecule has 4 nitrogen and oxygen atoms in total. The number of rotatable bonds is 3. The fourth-order valence-electron chi connectivity index (χ4n) is 1.50. The molecular weight excluding hydrogens is 310 g/mol. The van der Waals surface area contributed by atoms with Gasteiger partial charge >= 0.3 is 6.09 Å². The molecule has 0 unspecified atom stereocenters. The Labute approximate surface area is 122 Å². The minimum Gasteiger partial charge on any atom is -0.507 e. The predicted molar refractivity (Wildman–Crippen MR) is 78.1 cm³/mol. The first-order valence-corrected chi connectivity index (χ1v) is 6.97. The van der Waals surface area contributed by atoms with Crippen LogP contribution in [0.4, 0.5) is 4.79 Å². The minimum atomic E-state index is -0.500. The number of ether oxygens (including phenoxy) is 1. The van der Waals surface area contributed by atoms with Gasteiger partial charge in [0.1, 0.15) is 11.4 Å². The second kappa shape index (κ2) is 6.28. The van der Waals surface area contributed by atoms with Crippen LogP contribution in [-0.2, 0) is 11.3 Å². The highest BCUT2D eigenvalue weighted by molar-refractivity contribution is 9.10. The van der Waals surface area contributed by atoms with Gasteiger partial charge in [-0.25, -0.2) is 4.79 Å². The molecule has 0 saturated carbocycles. The molecule has 1 N–H and O–H groups in total. The number of carbonyl (C=O) groups is 1. The summed E-state index contributed by atoms with van der Waals surface area (Å²) in [5, 5.41) is 9.44. The zero-order valence-corrected chi connectivity index (χ0v) is 13.3. The number of hydrogen-bond acceptors (Lipinski definition) is 3. The maximum atomic E-state index is 12.0. The molecule has 0 aromatic heterocycles. The van der Waals surface area contributed by atoms with Crippen LogP contribution in [-0.4, -0.2) is 28.2 Å². The van der Waals surface area contributed by atoms with E-state index < -0.39 is 5.60 Å². The lowest BCUT2D eigenvalue weighted by molar-refractivity contribution is 0.0244. The van der Waals surface area contributed by atoms with Gasteiger partial charge in [0.2, 0.25) is 0 Å². The summed E-state index contributed by atoms with van der Waals surface area (Å²) in [6.07, 6.45) is -0.334. The van der Waals surface area contributed by atoms with E-state index in [0.29, 0.717) is 17.6 Å². The Morgan fingerprint density at radius 1 is 1.42 bits per heavy atom. The van der Waals surface area contributed by atoms with Crippen molar-refractivity contribution in [1.82, 2.24) is 4.90 Å². The molecule has 0 spiro atoms. The van der Waals surface area contributed by atoms with Crippen LogP contribution in [0.2, 0.25) is 0 Å². The van der Waals surface area contributed by atoms with Crippen LogP contribution in [0, 0.1) is 0 Å². The molecule has 5 heteroatoms. The maximum absolute atomic E-state index is 12.0. The number of hydrogen-bond donors (Lipinski definition) is 1. The van der Waals surface area contributed by atoms with Gasteiger partial charge in [0.05, 0.1) is 4.47 Å². The van der Waals surface area contributed by atoms with E-state index in [2.05, 4.69) is 15.9 Å². The summed E-state index contributed by atoms with van der Waals surface area (Å²) in [5.74, 6) is 0.184. The third-order valence-electron chi connectivity index (χ3n) is 2.42. The zero-order valence-electron chi connectivity index (χ0n) is 11.7. The number of amides is 1. The van der Waals surface area contributed by atoms with Crippen molar-refractivity contribution in [3.8, 4) is 5.75 Å². The summed E-state index contributed by atoms with van der Waals surface area (Å²) < 4.78 is 5.96. The molecule has 0 bridgehead atoms. The van der Waals surface area contributed by atoms with Crippen molar-refractivity contribution < 1.29 is 14.6 Å². The first-order valence-electron chi connectivity index (χ1n) is 6.18. The Hall–Kier alpha value is -1.23. The normalized spacial score (nSPS) is 11.2. The minimum absolute atomic E-state index is 0.184. The molecule has 19 heavy (non-hydrogen) atoms. The van der Waals surface area contributed by atoms with Gasteiger partial charge in [0.25, 0.3) is 0 Å². The topological polar surface area (TPSA) is 49.8 Å². The molecule has 0 saturated heterocycles. The van der Waals surface area contributed by atoms with Crippen LogP contribution in [0.15, 0.2) is 22.7 Å². The fourth-order valence-corrected chi connectivity index (χ4v) is 1.93. The molecule has 0 aliphatic rings. The second-order valence-corrected chi connectivity index (χ2v) is 6.13. The Morgan fingerprint density at radius 3 is 2.53 bits per heavy atom. The monoisotopic (exact) mass is 329 g/mol. The lowest BCUT2D eigenvalue weighted by Crippen LogP contribution is -2.36. The summed E-state index contributed by atoms with van der Waals surface area (Å²) in [4.78, 5) is 13.6. The second-order valence-electron chi connectivity index (χ2n) is 5.28. The predicted octanol–water partition coefficient (Wildman–Crippen LogP) is 3.91. The Bertz CT molecular complexity index is 454. The van der Waals surface area contributed by atoms with Gasteiger partial charge < -0.3 is 14.7 Å². The summed E-state index contributed by atoms with van der Waals surface area (Å²) >= 11 is 3.26. The van der Waals surface area contributed by atoms with E-state index in [0.717, 1.165) is 5.56 Å². The molecule has 0 aliphatic carbocycles. The van der Waals surface area contributed by atoms with Gasteiger partial charge in [-0.05, 0) is 61.3 Å². The number of phenols is 1. The van der Waals surface area contributed by atoms with Gasteiger partial charge in [-0.1, -0.05) is 6.07 Å². The molecule has 106 valence electrons. The smallest absolute Gasteiger partial charge is 0.410 e.